The zero-order valence-electron chi connectivity index (χ0n) is 12.2. The summed E-state index contributed by atoms with van der Waals surface area (Å²) in [6.07, 6.45) is 7.09. The van der Waals surface area contributed by atoms with E-state index in [1.807, 2.05) is 23.3 Å². The molecule has 2 aliphatic rings. The van der Waals surface area contributed by atoms with Crippen LogP contribution in [-0.2, 0) is 11.2 Å². The molecule has 0 radical (unpaired) electrons. The third-order valence-electron chi connectivity index (χ3n) is 4.63. The topological polar surface area (TPSA) is 32.3 Å². The Bertz CT molecular complexity index is 465. The maximum absolute atomic E-state index is 12.7. The van der Waals surface area contributed by atoms with Gasteiger partial charge >= 0.3 is 0 Å². The number of hydrogen-bond donors (Lipinski definition) is 1. The van der Waals surface area contributed by atoms with E-state index in [-0.39, 0.29) is 5.92 Å². The second-order valence-corrected chi connectivity index (χ2v) is 7.11. The molecule has 20 heavy (non-hydrogen) atoms. The van der Waals surface area contributed by atoms with Crippen molar-refractivity contribution in [3.63, 3.8) is 0 Å². The molecule has 2 unspecified atom stereocenters. The normalized spacial score (nSPS) is 26.1. The minimum atomic E-state index is 0.110. The number of thiophene rings is 1. The average Bonchev–Trinajstić information content (AvgIpc) is 2.96. The second kappa shape index (κ2) is 6.27. The third kappa shape index (κ3) is 2.91. The fraction of sp³-hybridized carbons (Fsp3) is 0.688. The van der Waals surface area contributed by atoms with Crippen molar-refractivity contribution < 1.29 is 4.79 Å². The van der Waals surface area contributed by atoms with E-state index in [1.54, 1.807) is 0 Å². The van der Waals surface area contributed by atoms with E-state index in [0.717, 1.165) is 32.4 Å². The van der Waals surface area contributed by atoms with Gasteiger partial charge in [-0.05, 0) is 55.7 Å². The maximum atomic E-state index is 12.7. The van der Waals surface area contributed by atoms with Gasteiger partial charge in [-0.3, -0.25) is 4.79 Å². The molecule has 1 N–H and O–H groups in total. The molecule has 0 aromatic carbocycles. The Labute approximate surface area is 125 Å². The Balaban J connectivity index is 1.64. The minimum absolute atomic E-state index is 0.110. The van der Waals surface area contributed by atoms with E-state index in [9.17, 15) is 4.79 Å². The number of piperidine rings is 1. The van der Waals surface area contributed by atoms with Crippen molar-refractivity contribution in [1.29, 1.82) is 0 Å². The molecule has 0 saturated carbocycles. The van der Waals surface area contributed by atoms with E-state index in [2.05, 4.69) is 16.8 Å². The molecule has 4 heteroatoms. The van der Waals surface area contributed by atoms with Crippen molar-refractivity contribution in [2.45, 2.75) is 50.5 Å². The average molecular weight is 292 g/mol. The van der Waals surface area contributed by atoms with Gasteiger partial charge in [0, 0.05) is 24.5 Å². The monoisotopic (exact) mass is 292 g/mol. The molecule has 3 rings (SSSR count). The van der Waals surface area contributed by atoms with Gasteiger partial charge < -0.3 is 10.2 Å². The SMILES string of the molecule is CN(CC1CCCCN1)C(=O)C1CCCc2sccc21. The summed E-state index contributed by atoms with van der Waals surface area (Å²) in [5.41, 5.74) is 1.30. The highest BCUT2D eigenvalue weighted by Gasteiger charge is 2.30. The number of nitrogens with one attached hydrogen (secondary N) is 1. The first-order chi connectivity index (χ1) is 9.75. The van der Waals surface area contributed by atoms with Crippen molar-refractivity contribution in [2.75, 3.05) is 20.1 Å². The maximum Gasteiger partial charge on any atom is 0.229 e. The number of fused-ring (bicyclic) bond motifs is 1. The van der Waals surface area contributed by atoms with Gasteiger partial charge in [-0.1, -0.05) is 6.42 Å². The van der Waals surface area contributed by atoms with Gasteiger partial charge in [-0.25, -0.2) is 0 Å². The summed E-state index contributed by atoms with van der Waals surface area (Å²) in [4.78, 5) is 16.1. The predicted molar refractivity (Wildman–Crippen MR) is 83.3 cm³/mol. The molecule has 1 saturated heterocycles. The summed E-state index contributed by atoms with van der Waals surface area (Å²) >= 11 is 1.81. The second-order valence-electron chi connectivity index (χ2n) is 6.11. The molecular formula is C16H24N2OS. The van der Waals surface area contributed by atoms with Crippen LogP contribution in [-0.4, -0.2) is 37.0 Å². The van der Waals surface area contributed by atoms with Crippen LogP contribution in [0.5, 0.6) is 0 Å². The molecule has 110 valence electrons. The van der Waals surface area contributed by atoms with Gasteiger partial charge in [-0.15, -0.1) is 11.3 Å². The Morgan fingerprint density at radius 1 is 1.40 bits per heavy atom. The molecule has 1 fully saturated rings. The van der Waals surface area contributed by atoms with Crippen LogP contribution in [0.25, 0.3) is 0 Å². The van der Waals surface area contributed by atoms with Crippen LogP contribution >= 0.6 is 11.3 Å². The van der Waals surface area contributed by atoms with E-state index < -0.39 is 0 Å². The van der Waals surface area contributed by atoms with E-state index in [1.165, 1.54) is 29.7 Å². The summed E-state index contributed by atoms with van der Waals surface area (Å²) in [5.74, 6) is 0.426. The molecule has 1 amide bonds. The number of hydrogen-bond acceptors (Lipinski definition) is 3. The predicted octanol–water partition coefficient (Wildman–Crippen LogP) is 2.77. The van der Waals surface area contributed by atoms with Crippen molar-refractivity contribution in [3.8, 4) is 0 Å². The van der Waals surface area contributed by atoms with Crippen LogP contribution in [0.1, 0.15) is 48.5 Å². The van der Waals surface area contributed by atoms with Crippen LogP contribution in [0.3, 0.4) is 0 Å². The molecule has 1 aromatic heterocycles. The lowest BCUT2D eigenvalue weighted by atomic mass is 9.86. The van der Waals surface area contributed by atoms with Gasteiger partial charge in [-0.2, -0.15) is 0 Å². The van der Waals surface area contributed by atoms with Crippen LogP contribution in [0, 0.1) is 0 Å². The van der Waals surface area contributed by atoms with Crippen LogP contribution in [0.4, 0.5) is 0 Å². The quantitative estimate of drug-likeness (QED) is 0.929. The number of carbonyl (C=O) groups excluding carboxylic acids is 1. The Hall–Kier alpha value is -0.870. The first-order valence-corrected chi connectivity index (χ1v) is 8.68. The number of likely N-dealkylation sites (N-methyl/N-ethyl adjacent to an activating group) is 1. The fourth-order valence-electron chi connectivity index (χ4n) is 3.51. The van der Waals surface area contributed by atoms with Crippen molar-refractivity contribution >= 4 is 17.2 Å². The third-order valence-corrected chi connectivity index (χ3v) is 5.63. The molecule has 1 aromatic rings. The Morgan fingerprint density at radius 3 is 3.10 bits per heavy atom. The smallest absolute Gasteiger partial charge is 0.229 e. The first kappa shape index (κ1) is 14.1. The minimum Gasteiger partial charge on any atom is -0.344 e. The van der Waals surface area contributed by atoms with E-state index in [4.69, 9.17) is 0 Å². The molecule has 2 heterocycles. The summed E-state index contributed by atoms with van der Waals surface area (Å²) in [5, 5.41) is 5.67. The molecule has 0 spiro atoms. The highest BCUT2D eigenvalue weighted by molar-refractivity contribution is 7.10. The standard InChI is InChI=1S/C16H24N2OS/c1-18(11-12-5-2-3-9-17-12)16(19)14-6-4-7-15-13(14)8-10-20-15/h8,10,12,14,17H,2-7,9,11H2,1H3. The lowest BCUT2D eigenvalue weighted by Gasteiger charge is -2.31. The summed E-state index contributed by atoms with van der Waals surface area (Å²) in [6.45, 7) is 1.96. The Kier molecular flexibility index (Phi) is 4.41. The highest BCUT2D eigenvalue weighted by atomic mass is 32.1. The summed E-state index contributed by atoms with van der Waals surface area (Å²) in [7, 11) is 1.97. The van der Waals surface area contributed by atoms with E-state index in [0.29, 0.717) is 11.9 Å². The molecule has 3 nitrogen and oxygen atoms in total. The van der Waals surface area contributed by atoms with Gasteiger partial charge in [0.25, 0.3) is 0 Å². The van der Waals surface area contributed by atoms with Gasteiger partial charge in [0.1, 0.15) is 0 Å². The zero-order chi connectivity index (χ0) is 13.9. The number of rotatable bonds is 3. The number of carbonyl (C=O) groups is 1. The molecule has 2 atom stereocenters. The van der Waals surface area contributed by atoms with Gasteiger partial charge in [0.05, 0.1) is 5.92 Å². The zero-order valence-corrected chi connectivity index (χ0v) is 13.0. The highest BCUT2D eigenvalue weighted by Crippen LogP contribution is 2.35. The first-order valence-electron chi connectivity index (χ1n) is 7.80. The number of aryl methyl sites for hydroxylation is 1. The lowest BCUT2D eigenvalue weighted by molar-refractivity contribution is -0.132. The van der Waals surface area contributed by atoms with Gasteiger partial charge in [0.15, 0.2) is 0 Å². The van der Waals surface area contributed by atoms with Crippen molar-refractivity contribution in [2.24, 2.45) is 0 Å². The summed E-state index contributed by atoms with van der Waals surface area (Å²) < 4.78 is 0. The number of amides is 1. The van der Waals surface area contributed by atoms with Crippen LogP contribution < -0.4 is 5.32 Å². The lowest BCUT2D eigenvalue weighted by Crippen LogP contribution is -2.45. The molecule has 0 bridgehead atoms. The molecule has 1 aliphatic carbocycles. The number of nitrogens with zero attached hydrogens (tertiary/aromatic N) is 1. The molecular weight excluding hydrogens is 268 g/mol. The van der Waals surface area contributed by atoms with Crippen LogP contribution in [0.15, 0.2) is 11.4 Å². The van der Waals surface area contributed by atoms with Crippen LogP contribution in [0.2, 0.25) is 0 Å². The molecule has 1 aliphatic heterocycles. The Morgan fingerprint density at radius 2 is 2.30 bits per heavy atom. The van der Waals surface area contributed by atoms with Crippen molar-refractivity contribution in [3.05, 3.63) is 21.9 Å². The van der Waals surface area contributed by atoms with Gasteiger partial charge in [0.2, 0.25) is 5.91 Å². The fourth-order valence-corrected chi connectivity index (χ4v) is 4.50. The van der Waals surface area contributed by atoms with Crippen molar-refractivity contribution in [1.82, 2.24) is 10.2 Å². The summed E-state index contributed by atoms with van der Waals surface area (Å²) in [6, 6.07) is 2.65. The largest absolute Gasteiger partial charge is 0.344 e. The van der Waals surface area contributed by atoms with E-state index >= 15 is 0 Å².